The average Bonchev–Trinajstić information content (AvgIpc) is 3.93. The van der Waals surface area contributed by atoms with Crippen LogP contribution in [0.1, 0.15) is 110 Å². The van der Waals surface area contributed by atoms with Gasteiger partial charge in [0.2, 0.25) is 0 Å². The number of Topliss-reactive ketones (excluding diaryl/α,β-unsaturated/α-hetero) is 1. The van der Waals surface area contributed by atoms with Gasteiger partial charge in [0.25, 0.3) is 0 Å². The van der Waals surface area contributed by atoms with Crippen molar-refractivity contribution in [1.29, 1.82) is 0 Å². The molecule has 0 amide bonds. The number of ether oxygens (including phenoxy) is 2. The number of benzene rings is 2. The third-order valence-corrected chi connectivity index (χ3v) is 12.6. The summed E-state index contributed by atoms with van der Waals surface area (Å²) in [6, 6.07) is 9.71. The fourth-order valence-corrected chi connectivity index (χ4v) is 9.34. The maximum absolute atomic E-state index is 13.1. The van der Waals surface area contributed by atoms with Gasteiger partial charge < -0.3 is 40.3 Å². The zero-order valence-corrected chi connectivity index (χ0v) is 31.2. The summed E-state index contributed by atoms with van der Waals surface area (Å²) < 4.78 is 15.3. The van der Waals surface area contributed by atoms with Gasteiger partial charge in [-0.05, 0) is 95.8 Å². The molecule has 6 N–H and O–H groups in total. The van der Waals surface area contributed by atoms with E-state index in [1.54, 1.807) is 0 Å². The molecular formula is C46H48N4O5. The number of hydrogen-bond acceptors (Lipinski definition) is 7. The smallest absolute Gasteiger partial charge is 0.191 e. The molecule has 1 fully saturated rings. The summed E-state index contributed by atoms with van der Waals surface area (Å²) >= 11 is 0. The van der Waals surface area contributed by atoms with Gasteiger partial charge >= 0.3 is 0 Å². The lowest BCUT2D eigenvalue weighted by molar-refractivity contribution is -0.121. The first kappa shape index (κ1) is 35.5. The zero-order chi connectivity index (χ0) is 37.7. The third-order valence-electron chi connectivity index (χ3n) is 12.6. The molecule has 282 valence electrons. The van der Waals surface area contributed by atoms with Crippen molar-refractivity contribution >= 4 is 22.8 Å². The van der Waals surface area contributed by atoms with Crippen LogP contribution in [0, 0.1) is 47.0 Å². The lowest BCUT2D eigenvalue weighted by atomic mass is 9.73. The Hall–Kier alpha value is -5.19. The SMILES string of the molecule is C[C@H]1C=C[C@H]([C@@H](O)CC(=O)CCc2ccc3c(c2)O[C@H]2[C@H](C#C[C@H](O)c4ccc5c(c4Cc4c[nH]c6cn2cc46)C=CN[C@@H]5N)C2(C#CO3)CCCC2)CC1. The van der Waals surface area contributed by atoms with Crippen LogP contribution < -0.4 is 20.5 Å². The van der Waals surface area contributed by atoms with E-state index in [0.717, 1.165) is 82.8 Å². The van der Waals surface area contributed by atoms with Crippen molar-refractivity contribution in [3.63, 3.8) is 0 Å². The van der Waals surface area contributed by atoms with E-state index >= 15 is 0 Å². The summed E-state index contributed by atoms with van der Waals surface area (Å²) in [4.78, 5) is 16.6. The van der Waals surface area contributed by atoms with Crippen molar-refractivity contribution in [2.45, 2.75) is 95.7 Å². The Bertz CT molecular complexity index is 2320. The van der Waals surface area contributed by atoms with Gasteiger partial charge in [0.15, 0.2) is 17.7 Å². The van der Waals surface area contributed by atoms with E-state index in [1.807, 2.05) is 48.8 Å². The summed E-state index contributed by atoms with van der Waals surface area (Å²) in [5.41, 5.74) is 12.7. The predicted octanol–water partition coefficient (Wildman–Crippen LogP) is 7.10. The summed E-state index contributed by atoms with van der Waals surface area (Å²) in [5, 5.41) is 27.0. The summed E-state index contributed by atoms with van der Waals surface area (Å²) in [5.74, 6) is 11.6. The number of allylic oxidation sites excluding steroid dienone is 1. The lowest BCUT2D eigenvalue weighted by Gasteiger charge is -2.35. The predicted molar refractivity (Wildman–Crippen MR) is 211 cm³/mol. The molecule has 4 aromatic rings. The number of aromatic amines is 1. The Balaban J connectivity index is 1.07. The Kier molecular flexibility index (Phi) is 9.34. The van der Waals surface area contributed by atoms with Crippen LogP contribution in [0.5, 0.6) is 11.5 Å². The van der Waals surface area contributed by atoms with Crippen molar-refractivity contribution < 1.29 is 24.5 Å². The highest BCUT2D eigenvalue weighted by molar-refractivity contribution is 5.84. The highest BCUT2D eigenvalue weighted by Crippen LogP contribution is 2.50. The molecule has 0 radical (unpaired) electrons. The molecule has 0 saturated heterocycles. The Morgan fingerprint density at radius 3 is 2.78 bits per heavy atom. The van der Waals surface area contributed by atoms with E-state index in [4.69, 9.17) is 15.2 Å². The summed E-state index contributed by atoms with van der Waals surface area (Å²) in [6.45, 7) is 2.18. The highest BCUT2D eigenvalue weighted by Gasteiger charge is 2.46. The minimum absolute atomic E-state index is 0.0314. The van der Waals surface area contributed by atoms with Crippen LogP contribution >= 0.6 is 0 Å². The van der Waals surface area contributed by atoms with E-state index in [-0.39, 0.29) is 24.3 Å². The average molecular weight is 737 g/mol. The van der Waals surface area contributed by atoms with Crippen LogP contribution in [0.2, 0.25) is 0 Å². The van der Waals surface area contributed by atoms with E-state index in [0.29, 0.717) is 36.7 Å². The number of nitrogens with one attached hydrogen (secondary N) is 2. The van der Waals surface area contributed by atoms with Crippen molar-refractivity contribution in [2.75, 3.05) is 0 Å². The zero-order valence-electron chi connectivity index (χ0n) is 31.2. The molecule has 7 atom stereocenters. The van der Waals surface area contributed by atoms with E-state index in [2.05, 4.69) is 70.2 Å². The van der Waals surface area contributed by atoms with Crippen molar-refractivity contribution in [2.24, 2.45) is 28.9 Å². The molecule has 9 heteroatoms. The normalized spacial score (nSPS) is 26.3. The first-order valence-corrected chi connectivity index (χ1v) is 19.8. The number of carbonyl (C=O) groups excluding carboxylic acids is 1. The van der Waals surface area contributed by atoms with E-state index in [9.17, 15) is 15.0 Å². The number of H-pyrrole nitrogens is 1. The fourth-order valence-electron chi connectivity index (χ4n) is 9.34. The van der Waals surface area contributed by atoms with E-state index < -0.39 is 29.8 Å². The number of aromatic nitrogens is 2. The monoisotopic (exact) mass is 736 g/mol. The number of aliphatic hydroxyl groups excluding tert-OH is 2. The van der Waals surface area contributed by atoms with Crippen LogP contribution in [0.15, 0.2) is 67.3 Å². The van der Waals surface area contributed by atoms with Crippen molar-refractivity contribution in [3.8, 4) is 35.4 Å². The molecule has 1 saturated carbocycles. The number of nitrogens with zero attached hydrogens (tertiary/aromatic N) is 1. The maximum Gasteiger partial charge on any atom is 0.191 e. The van der Waals surface area contributed by atoms with Gasteiger partial charge in [-0.25, -0.2) is 0 Å². The topological polar surface area (TPSA) is 135 Å². The highest BCUT2D eigenvalue weighted by atomic mass is 16.5. The van der Waals surface area contributed by atoms with Crippen molar-refractivity contribution in [1.82, 2.24) is 14.9 Å². The largest absolute Gasteiger partial charge is 0.465 e. The molecule has 9 nitrogen and oxygen atoms in total. The molecule has 2 aromatic carbocycles. The van der Waals surface area contributed by atoms with Crippen LogP contribution in [-0.2, 0) is 17.6 Å². The van der Waals surface area contributed by atoms with Gasteiger partial charge in [-0.1, -0.05) is 67.9 Å². The van der Waals surface area contributed by atoms with Gasteiger partial charge in [-0.3, -0.25) is 4.79 Å². The number of hydrogen-bond donors (Lipinski definition) is 5. The Labute approximate surface area is 322 Å². The number of nitrogens with two attached hydrogens (primary N) is 1. The minimum atomic E-state index is -1.05. The number of fused-ring (bicyclic) bond motifs is 8. The van der Waals surface area contributed by atoms with Gasteiger partial charge in [-0.15, -0.1) is 0 Å². The molecule has 0 unspecified atom stereocenters. The number of carbonyl (C=O) groups is 1. The van der Waals surface area contributed by atoms with Crippen LogP contribution in [0.3, 0.4) is 0 Å². The fraction of sp³-hybridized carbons (Fsp3) is 0.413. The van der Waals surface area contributed by atoms with Crippen LogP contribution in [0.25, 0.3) is 17.0 Å². The summed E-state index contributed by atoms with van der Waals surface area (Å²) in [6.07, 6.45) is 21.9. The maximum atomic E-state index is 13.1. The molecule has 3 aliphatic heterocycles. The molecule has 5 aliphatic rings. The Morgan fingerprint density at radius 1 is 1.09 bits per heavy atom. The van der Waals surface area contributed by atoms with Crippen LogP contribution in [-0.4, -0.2) is 31.7 Å². The van der Waals surface area contributed by atoms with Gasteiger partial charge in [0, 0.05) is 49.2 Å². The first-order valence-electron chi connectivity index (χ1n) is 19.8. The lowest BCUT2D eigenvalue weighted by Crippen LogP contribution is -2.35. The molecule has 2 aromatic heterocycles. The number of rotatable bonds is 6. The van der Waals surface area contributed by atoms with E-state index in [1.165, 1.54) is 0 Å². The van der Waals surface area contributed by atoms with Gasteiger partial charge in [0.1, 0.15) is 24.2 Å². The van der Waals surface area contributed by atoms with Gasteiger partial charge in [0.05, 0.1) is 23.0 Å². The first-order chi connectivity index (χ1) is 26.7. The molecule has 55 heavy (non-hydrogen) atoms. The van der Waals surface area contributed by atoms with Crippen molar-refractivity contribution in [3.05, 3.63) is 101 Å². The Morgan fingerprint density at radius 2 is 1.95 bits per heavy atom. The molecule has 1 spiro atoms. The molecule has 2 bridgehead atoms. The summed E-state index contributed by atoms with van der Waals surface area (Å²) in [7, 11) is 0. The third kappa shape index (κ3) is 6.76. The number of aliphatic hydroxyl groups is 2. The molecule has 9 rings (SSSR count). The number of ketones is 1. The molecule has 5 heterocycles. The standard InChI is InChI=1S/C46H48N4O5/c1-28-4-8-30(9-5-28)41(53)24-32(51)10-6-29-7-15-42-43(22-29)55-45-38(46(19-21-54-42)17-2-3-18-46)13-14-40(52)34-11-12-35-33(16-20-48-44(35)47)36(34)23-31-25-49-39-27-50(45)26-37(31)39/h4,7-8,11-12,15-16,20,22,25-28,30,38,40-41,44-45,48-49,52-53H,2-3,5-6,9-10,17-18,23-24,47H2,1H3/t28-,30-,38-,40-,41-,44-,45-/m0/s1. The van der Waals surface area contributed by atoms with Gasteiger partial charge in [-0.2, -0.15) is 0 Å². The second kappa shape index (κ2) is 14.5. The second-order valence-electron chi connectivity index (χ2n) is 16.2. The minimum Gasteiger partial charge on any atom is -0.465 e. The second-order valence-corrected chi connectivity index (χ2v) is 16.2. The van der Waals surface area contributed by atoms with Crippen LogP contribution in [0.4, 0.5) is 0 Å². The molecular weight excluding hydrogens is 689 g/mol. The molecule has 2 aliphatic carbocycles. The quantitative estimate of drug-likeness (QED) is 0.105. The number of aryl methyl sites for hydroxylation is 1.